The van der Waals surface area contributed by atoms with Gasteiger partial charge in [-0.3, -0.25) is 4.79 Å². The van der Waals surface area contributed by atoms with Gasteiger partial charge in [0, 0.05) is 26.3 Å². The fourth-order valence-electron chi connectivity index (χ4n) is 1.37. The third kappa shape index (κ3) is 10.1. The Morgan fingerprint density at radius 2 is 2.05 bits per heavy atom. The fourth-order valence-corrected chi connectivity index (χ4v) is 1.37. The molecule has 0 radical (unpaired) electrons. The van der Waals surface area contributed by atoms with Gasteiger partial charge in [0.25, 0.3) is 0 Å². The van der Waals surface area contributed by atoms with Gasteiger partial charge in [-0.05, 0) is 12.8 Å². The van der Waals surface area contributed by atoms with Gasteiger partial charge in [-0.2, -0.15) is 0 Å². The number of nitrogens with zero attached hydrogens (tertiary/aromatic N) is 1. The molecule has 2 N–H and O–H groups in total. The summed E-state index contributed by atoms with van der Waals surface area (Å²) >= 11 is 0. The van der Waals surface area contributed by atoms with Gasteiger partial charge < -0.3 is 20.1 Å². The van der Waals surface area contributed by atoms with E-state index in [2.05, 4.69) is 18.8 Å². The second kappa shape index (κ2) is 11.5. The van der Waals surface area contributed by atoms with Crippen molar-refractivity contribution in [3.8, 4) is 0 Å². The number of carbonyl (C=O) groups is 2. The van der Waals surface area contributed by atoms with E-state index in [0.29, 0.717) is 19.6 Å². The Labute approximate surface area is 114 Å². The maximum Gasteiger partial charge on any atom is 0.323 e. The van der Waals surface area contributed by atoms with E-state index in [-0.39, 0.29) is 13.1 Å². The average molecular weight is 272 g/mol. The van der Waals surface area contributed by atoms with Crippen LogP contribution in [0.4, 0.5) is 4.79 Å². The molecule has 0 atom stereocenters. The highest BCUT2D eigenvalue weighted by atomic mass is 16.5. The van der Waals surface area contributed by atoms with E-state index in [1.54, 1.807) is 0 Å². The number of carboxylic acid groups (broad SMARTS) is 1. The molecule has 0 aliphatic carbocycles. The second-order valence-electron chi connectivity index (χ2n) is 4.11. The van der Waals surface area contributed by atoms with Crippen LogP contribution in [0.15, 0.2) is 12.7 Å². The fraction of sp³-hybridized carbons (Fsp3) is 0.692. The van der Waals surface area contributed by atoms with Crippen LogP contribution in [-0.2, 0) is 9.53 Å². The van der Waals surface area contributed by atoms with Crippen LogP contribution >= 0.6 is 0 Å². The van der Waals surface area contributed by atoms with Gasteiger partial charge in [-0.1, -0.05) is 19.4 Å². The van der Waals surface area contributed by atoms with Crippen LogP contribution < -0.4 is 5.32 Å². The number of aliphatic carboxylic acids is 1. The van der Waals surface area contributed by atoms with E-state index in [4.69, 9.17) is 9.84 Å². The topological polar surface area (TPSA) is 78.9 Å². The van der Waals surface area contributed by atoms with Crippen molar-refractivity contribution < 1.29 is 19.4 Å². The summed E-state index contributed by atoms with van der Waals surface area (Å²) in [5.41, 5.74) is 0. The zero-order valence-electron chi connectivity index (χ0n) is 11.6. The lowest BCUT2D eigenvalue weighted by atomic mass is 10.4. The number of nitrogens with one attached hydrogen (secondary N) is 1. The molecular formula is C13H24N2O4. The predicted octanol–water partition coefficient (Wildman–Crippen LogP) is 1.48. The van der Waals surface area contributed by atoms with Crippen molar-refractivity contribution in [3.05, 3.63) is 12.7 Å². The summed E-state index contributed by atoms with van der Waals surface area (Å²) in [5.74, 6) is -1.04. The van der Waals surface area contributed by atoms with Gasteiger partial charge in [0.2, 0.25) is 0 Å². The van der Waals surface area contributed by atoms with Crippen LogP contribution in [0.1, 0.15) is 26.2 Å². The monoisotopic (exact) mass is 272 g/mol. The molecule has 0 spiro atoms. The van der Waals surface area contributed by atoms with Crippen molar-refractivity contribution in [2.75, 3.05) is 32.8 Å². The molecule has 0 aromatic carbocycles. The molecule has 0 bridgehead atoms. The van der Waals surface area contributed by atoms with Crippen LogP contribution in [0.2, 0.25) is 0 Å². The van der Waals surface area contributed by atoms with Gasteiger partial charge in [-0.15, -0.1) is 6.58 Å². The minimum atomic E-state index is -1.04. The molecule has 19 heavy (non-hydrogen) atoms. The highest BCUT2D eigenvalue weighted by Gasteiger charge is 2.14. The normalized spacial score (nSPS) is 9.95. The highest BCUT2D eigenvalue weighted by molar-refractivity contribution is 5.80. The first-order valence-corrected chi connectivity index (χ1v) is 6.55. The number of hydrogen-bond acceptors (Lipinski definition) is 3. The second-order valence-corrected chi connectivity index (χ2v) is 4.11. The highest BCUT2D eigenvalue weighted by Crippen LogP contribution is 1.92. The van der Waals surface area contributed by atoms with E-state index >= 15 is 0 Å². The molecule has 0 heterocycles. The summed E-state index contributed by atoms with van der Waals surface area (Å²) in [6.45, 7) is 7.29. The Hall–Kier alpha value is -1.56. The smallest absolute Gasteiger partial charge is 0.323 e. The molecule has 0 saturated carbocycles. The van der Waals surface area contributed by atoms with E-state index in [1.807, 2.05) is 0 Å². The molecule has 0 unspecified atom stereocenters. The Morgan fingerprint density at radius 3 is 2.63 bits per heavy atom. The molecule has 0 aromatic rings. The summed E-state index contributed by atoms with van der Waals surface area (Å²) in [5, 5.41) is 11.3. The third-order valence-electron chi connectivity index (χ3n) is 2.35. The first kappa shape index (κ1) is 17.4. The molecule has 2 amide bonds. The van der Waals surface area contributed by atoms with Gasteiger partial charge in [-0.25, -0.2) is 4.79 Å². The molecule has 0 fully saturated rings. The standard InChI is InChI=1S/C13H24N2O4/c1-3-5-9-19-10-6-7-14-13(18)15(8-4-2)11-12(16)17/h4H,2-3,5-11H2,1H3,(H,14,18)(H,16,17). The molecule has 0 aromatic heterocycles. The third-order valence-corrected chi connectivity index (χ3v) is 2.35. The number of carboxylic acids is 1. The maximum absolute atomic E-state index is 11.7. The lowest BCUT2D eigenvalue weighted by Crippen LogP contribution is -2.43. The number of carbonyl (C=O) groups excluding carboxylic acids is 1. The van der Waals surface area contributed by atoms with E-state index < -0.39 is 12.0 Å². The van der Waals surface area contributed by atoms with Gasteiger partial charge >= 0.3 is 12.0 Å². The van der Waals surface area contributed by atoms with Crippen LogP contribution in [0.3, 0.4) is 0 Å². The molecule has 6 nitrogen and oxygen atoms in total. The van der Waals surface area contributed by atoms with E-state index in [1.165, 1.54) is 11.0 Å². The van der Waals surface area contributed by atoms with Crippen molar-refractivity contribution >= 4 is 12.0 Å². The summed E-state index contributed by atoms with van der Waals surface area (Å²) < 4.78 is 5.35. The molecule has 110 valence electrons. The minimum Gasteiger partial charge on any atom is -0.480 e. The molecule has 0 aliphatic rings. The average Bonchev–Trinajstić information content (AvgIpc) is 2.36. The lowest BCUT2D eigenvalue weighted by molar-refractivity contribution is -0.137. The van der Waals surface area contributed by atoms with Crippen LogP contribution in [0.25, 0.3) is 0 Å². The SMILES string of the molecule is C=CCN(CC(=O)O)C(=O)NCCCOCCCC. The van der Waals surface area contributed by atoms with Crippen LogP contribution in [-0.4, -0.2) is 54.9 Å². The molecule has 0 saturated heterocycles. The first-order valence-electron chi connectivity index (χ1n) is 6.55. The molecule has 0 aliphatic heterocycles. The molecular weight excluding hydrogens is 248 g/mol. The molecule has 0 rings (SSSR count). The van der Waals surface area contributed by atoms with E-state index in [0.717, 1.165) is 19.4 Å². The lowest BCUT2D eigenvalue weighted by Gasteiger charge is -2.19. The largest absolute Gasteiger partial charge is 0.480 e. The number of amides is 2. The Balaban J connectivity index is 3.74. The number of hydrogen-bond donors (Lipinski definition) is 2. The van der Waals surface area contributed by atoms with Gasteiger partial charge in [0.1, 0.15) is 6.54 Å². The van der Waals surface area contributed by atoms with Crippen molar-refractivity contribution in [2.24, 2.45) is 0 Å². The molecule has 6 heteroatoms. The van der Waals surface area contributed by atoms with Gasteiger partial charge in [0.15, 0.2) is 0 Å². The predicted molar refractivity (Wildman–Crippen MR) is 73.1 cm³/mol. The zero-order chi connectivity index (χ0) is 14.5. The minimum absolute atomic E-state index is 0.213. The number of unbranched alkanes of at least 4 members (excludes halogenated alkanes) is 1. The van der Waals surface area contributed by atoms with Crippen molar-refractivity contribution in [1.82, 2.24) is 10.2 Å². The van der Waals surface area contributed by atoms with Crippen molar-refractivity contribution in [3.63, 3.8) is 0 Å². The summed E-state index contributed by atoms with van der Waals surface area (Å²) in [4.78, 5) is 23.4. The first-order chi connectivity index (χ1) is 9.11. The Kier molecular flexibility index (Phi) is 10.6. The summed E-state index contributed by atoms with van der Waals surface area (Å²) in [7, 11) is 0. The Bertz CT molecular complexity index is 282. The van der Waals surface area contributed by atoms with E-state index in [9.17, 15) is 9.59 Å². The summed E-state index contributed by atoms with van der Waals surface area (Å²) in [6.07, 6.45) is 4.35. The van der Waals surface area contributed by atoms with Gasteiger partial charge in [0.05, 0.1) is 0 Å². The number of urea groups is 1. The quantitative estimate of drug-likeness (QED) is 0.441. The van der Waals surface area contributed by atoms with Crippen LogP contribution in [0.5, 0.6) is 0 Å². The maximum atomic E-state index is 11.7. The summed E-state index contributed by atoms with van der Waals surface area (Å²) in [6, 6.07) is -0.393. The number of rotatable bonds is 11. The number of ether oxygens (including phenoxy) is 1. The zero-order valence-corrected chi connectivity index (χ0v) is 11.6. The van der Waals surface area contributed by atoms with Crippen molar-refractivity contribution in [2.45, 2.75) is 26.2 Å². The van der Waals surface area contributed by atoms with Crippen LogP contribution in [0, 0.1) is 0 Å². The van der Waals surface area contributed by atoms with Crippen molar-refractivity contribution in [1.29, 1.82) is 0 Å². The Morgan fingerprint density at radius 1 is 1.37 bits per heavy atom.